The molecule has 4 heteroatoms. The van der Waals surface area contributed by atoms with E-state index in [1.165, 1.54) is 0 Å². The summed E-state index contributed by atoms with van der Waals surface area (Å²) in [4.78, 5) is 10.4. The van der Waals surface area contributed by atoms with Crippen molar-refractivity contribution in [3.8, 4) is 0 Å². The van der Waals surface area contributed by atoms with E-state index in [2.05, 4.69) is 5.32 Å². The fraction of sp³-hybridized carbons (Fsp3) is 0.800. The molecule has 0 atom stereocenters. The van der Waals surface area contributed by atoms with Crippen molar-refractivity contribution in [2.45, 2.75) is 18.4 Å². The fourth-order valence-corrected chi connectivity index (χ4v) is 1.25. The standard InChI is InChI=1S/C5H8INO2/c6-4(9)7-5(3-8)1-2-5/h8H,1-3H2,(H,7,9). The minimum atomic E-state index is -0.238. The fourth-order valence-electron chi connectivity index (χ4n) is 0.682. The molecule has 0 heterocycles. The summed E-state index contributed by atoms with van der Waals surface area (Å²) in [5.74, 6) is 0. The number of aliphatic hydroxyl groups excluding tert-OH is 1. The highest BCUT2D eigenvalue weighted by Crippen LogP contribution is 2.34. The van der Waals surface area contributed by atoms with Gasteiger partial charge in [0.25, 0.3) is 3.91 Å². The predicted octanol–water partition coefficient (Wildman–Crippen LogP) is 0.656. The highest BCUT2D eigenvalue weighted by Gasteiger charge is 2.42. The number of nitrogens with one attached hydrogen (secondary N) is 1. The van der Waals surface area contributed by atoms with Crippen molar-refractivity contribution in [1.82, 2.24) is 5.32 Å². The van der Waals surface area contributed by atoms with E-state index in [0.717, 1.165) is 12.8 Å². The van der Waals surface area contributed by atoms with Crippen LogP contribution in [0.1, 0.15) is 12.8 Å². The van der Waals surface area contributed by atoms with Gasteiger partial charge in [-0.15, -0.1) is 0 Å². The summed E-state index contributed by atoms with van der Waals surface area (Å²) in [7, 11) is 0. The molecule has 3 nitrogen and oxygen atoms in total. The Hall–Kier alpha value is 0.160. The smallest absolute Gasteiger partial charge is 0.281 e. The first-order valence-corrected chi connectivity index (χ1v) is 3.85. The number of amides is 1. The van der Waals surface area contributed by atoms with E-state index < -0.39 is 0 Å². The van der Waals surface area contributed by atoms with Crippen molar-refractivity contribution in [2.75, 3.05) is 6.61 Å². The van der Waals surface area contributed by atoms with Crippen LogP contribution >= 0.6 is 22.6 Å². The summed E-state index contributed by atoms with van der Waals surface area (Å²) in [5, 5.41) is 11.4. The number of carbonyl (C=O) groups is 1. The van der Waals surface area contributed by atoms with Crippen LogP contribution in [0.4, 0.5) is 4.79 Å². The molecule has 0 saturated heterocycles. The molecule has 1 aliphatic rings. The van der Waals surface area contributed by atoms with Gasteiger partial charge in [-0.2, -0.15) is 0 Å². The molecular formula is C5H8INO2. The second-order valence-electron chi connectivity index (χ2n) is 2.34. The molecule has 0 unspecified atom stereocenters. The summed E-state index contributed by atoms with van der Waals surface area (Å²) in [6, 6.07) is 0. The summed E-state index contributed by atoms with van der Waals surface area (Å²) in [6.07, 6.45) is 1.83. The second kappa shape index (κ2) is 2.42. The zero-order chi connectivity index (χ0) is 6.91. The molecule has 1 saturated carbocycles. The van der Waals surface area contributed by atoms with Crippen LogP contribution in [0.25, 0.3) is 0 Å². The SMILES string of the molecule is O=C(I)NC1(CO)CC1. The molecule has 1 fully saturated rings. The number of hydrogen-bond acceptors (Lipinski definition) is 2. The molecule has 1 rings (SSSR count). The van der Waals surface area contributed by atoms with Crippen molar-refractivity contribution in [1.29, 1.82) is 0 Å². The van der Waals surface area contributed by atoms with E-state index in [4.69, 9.17) is 5.11 Å². The monoisotopic (exact) mass is 241 g/mol. The Kier molecular flexibility index (Phi) is 1.95. The summed E-state index contributed by atoms with van der Waals surface area (Å²) >= 11 is 1.67. The maximum atomic E-state index is 10.4. The Morgan fingerprint density at radius 3 is 2.44 bits per heavy atom. The van der Waals surface area contributed by atoms with Crippen LogP contribution in [-0.2, 0) is 0 Å². The van der Waals surface area contributed by atoms with Crippen molar-refractivity contribution in [3.63, 3.8) is 0 Å². The molecular weight excluding hydrogens is 233 g/mol. The number of carbonyl (C=O) groups excluding carboxylic acids is 1. The normalized spacial score (nSPS) is 21.1. The van der Waals surface area contributed by atoms with Gasteiger partial charge in [-0.3, -0.25) is 4.79 Å². The van der Waals surface area contributed by atoms with Gasteiger partial charge in [0, 0.05) is 22.6 Å². The molecule has 0 aromatic heterocycles. The Labute approximate surface area is 67.0 Å². The molecule has 0 aliphatic heterocycles. The van der Waals surface area contributed by atoms with Gasteiger partial charge >= 0.3 is 0 Å². The van der Waals surface area contributed by atoms with Crippen LogP contribution in [0.3, 0.4) is 0 Å². The van der Waals surface area contributed by atoms with E-state index >= 15 is 0 Å². The molecule has 2 N–H and O–H groups in total. The molecule has 0 aromatic rings. The Morgan fingerprint density at radius 1 is 1.78 bits per heavy atom. The topological polar surface area (TPSA) is 49.3 Å². The minimum absolute atomic E-state index is 0.0712. The van der Waals surface area contributed by atoms with Gasteiger partial charge in [-0.1, -0.05) is 0 Å². The van der Waals surface area contributed by atoms with Crippen LogP contribution in [0, 0.1) is 0 Å². The molecule has 0 spiro atoms. The number of hydrogen-bond donors (Lipinski definition) is 2. The highest BCUT2D eigenvalue weighted by molar-refractivity contribution is 14.1. The molecule has 0 aromatic carbocycles. The maximum Gasteiger partial charge on any atom is 0.281 e. The number of halogens is 1. The summed E-state index contributed by atoms with van der Waals surface area (Å²) in [6.45, 7) is 0.0712. The molecule has 0 bridgehead atoms. The molecule has 1 aliphatic carbocycles. The Balaban J connectivity index is 2.33. The summed E-state index contributed by atoms with van der Waals surface area (Å²) in [5.41, 5.74) is -0.238. The van der Waals surface area contributed by atoms with E-state index in [1.54, 1.807) is 22.6 Å². The molecule has 52 valence electrons. The average molecular weight is 241 g/mol. The molecule has 9 heavy (non-hydrogen) atoms. The van der Waals surface area contributed by atoms with E-state index in [-0.39, 0.29) is 16.1 Å². The quantitative estimate of drug-likeness (QED) is 0.423. The van der Waals surface area contributed by atoms with Crippen LogP contribution < -0.4 is 5.32 Å². The van der Waals surface area contributed by atoms with E-state index in [9.17, 15) is 4.79 Å². The molecule has 1 amide bonds. The zero-order valence-corrected chi connectivity index (χ0v) is 7.01. The lowest BCUT2D eigenvalue weighted by Crippen LogP contribution is -2.36. The minimum Gasteiger partial charge on any atom is -0.394 e. The van der Waals surface area contributed by atoms with Gasteiger partial charge in [0.05, 0.1) is 12.1 Å². The van der Waals surface area contributed by atoms with Crippen molar-refractivity contribution in [3.05, 3.63) is 0 Å². The average Bonchev–Trinajstić information content (AvgIpc) is 2.48. The summed E-state index contributed by atoms with van der Waals surface area (Å²) < 4.78 is -0.0841. The number of aliphatic hydroxyl groups is 1. The van der Waals surface area contributed by atoms with Gasteiger partial charge in [-0.05, 0) is 12.8 Å². The van der Waals surface area contributed by atoms with Crippen molar-refractivity contribution < 1.29 is 9.90 Å². The number of rotatable bonds is 2. The van der Waals surface area contributed by atoms with Crippen molar-refractivity contribution in [2.24, 2.45) is 0 Å². The van der Waals surface area contributed by atoms with Gasteiger partial charge < -0.3 is 10.4 Å². The third-order valence-electron chi connectivity index (χ3n) is 1.52. The lowest BCUT2D eigenvalue weighted by Gasteiger charge is -2.09. The second-order valence-corrected chi connectivity index (χ2v) is 3.32. The Morgan fingerprint density at radius 2 is 2.33 bits per heavy atom. The first-order chi connectivity index (χ1) is 4.18. The van der Waals surface area contributed by atoms with Gasteiger partial charge in [0.15, 0.2) is 0 Å². The maximum absolute atomic E-state index is 10.4. The first-order valence-electron chi connectivity index (χ1n) is 2.77. The zero-order valence-electron chi connectivity index (χ0n) is 4.85. The third-order valence-corrected chi connectivity index (χ3v) is 1.79. The van der Waals surface area contributed by atoms with Crippen LogP contribution in [0.2, 0.25) is 0 Å². The van der Waals surface area contributed by atoms with Crippen molar-refractivity contribution >= 4 is 26.5 Å². The third kappa shape index (κ3) is 1.79. The van der Waals surface area contributed by atoms with Crippen LogP contribution in [0.5, 0.6) is 0 Å². The van der Waals surface area contributed by atoms with Crippen LogP contribution in [0.15, 0.2) is 0 Å². The largest absolute Gasteiger partial charge is 0.394 e. The predicted molar refractivity (Wildman–Crippen MR) is 41.6 cm³/mol. The molecule has 0 radical (unpaired) electrons. The van der Waals surface area contributed by atoms with Crippen LogP contribution in [-0.4, -0.2) is 21.2 Å². The van der Waals surface area contributed by atoms with Gasteiger partial charge in [0.1, 0.15) is 0 Å². The Bertz CT molecular complexity index is 133. The highest BCUT2D eigenvalue weighted by atomic mass is 127. The van der Waals surface area contributed by atoms with E-state index in [0.29, 0.717) is 0 Å². The van der Waals surface area contributed by atoms with Gasteiger partial charge in [0.2, 0.25) is 0 Å². The lowest BCUT2D eigenvalue weighted by atomic mass is 10.3. The van der Waals surface area contributed by atoms with Gasteiger partial charge in [-0.25, -0.2) is 0 Å². The van der Waals surface area contributed by atoms with E-state index in [1.807, 2.05) is 0 Å². The first kappa shape index (κ1) is 7.27. The lowest BCUT2D eigenvalue weighted by molar-refractivity contribution is 0.224.